The quantitative estimate of drug-likeness (QED) is 0.426. The first-order valence-electron chi connectivity index (χ1n) is 11.5. The number of hydrogen-bond acceptors (Lipinski definition) is 5. The number of likely N-dealkylation sites (tertiary alicyclic amines) is 1. The van der Waals surface area contributed by atoms with Crippen molar-refractivity contribution in [3.63, 3.8) is 0 Å². The first-order chi connectivity index (χ1) is 17.3. The number of nitrogens with two attached hydrogens (primary N) is 1. The Morgan fingerprint density at radius 1 is 1.22 bits per heavy atom. The Morgan fingerprint density at radius 3 is 2.64 bits per heavy atom. The topological polar surface area (TPSA) is 115 Å². The van der Waals surface area contributed by atoms with Crippen molar-refractivity contribution in [1.82, 2.24) is 20.0 Å². The highest BCUT2D eigenvalue weighted by atomic mass is 35.5. The number of amides is 3. The number of carbonyl (C=O) groups excluding carboxylic acids is 2. The van der Waals surface area contributed by atoms with Gasteiger partial charge in [-0.25, -0.2) is 13.9 Å². The number of anilines is 1. The number of carbonyl (C=O) groups is 2. The van der Waals surface area contributed by atoms with Crippen LogP contribution in [0.2, 0.25) is 5.02 Å². The molecule has 9 nitrogen and oxygen atoms in total. The van der Waals surface area contributed by atoms with Crippen molar-refractivity contribution < 1.29 is 18.7 Å². The van der Waals surface area contributed by atoms with E-state index in [1.165, 1.54) is 16.8 Å². The van der Waals surface area contributed by atoms with Crippen LogP contribution in [0.4, 0.5) is 15.0 Å². The molecular weight excluding hydrogens is 487 g/mol. The highest BCUT2D eigenvalue weighted by Gasteiger charge is 2.35. The van der Waals surface area contributed by atoms with Crippen LogP contribution in [0.25, 0.3) is 5.69 Å². The lowest BCUT2D eigenvalue weighted by Gasteiger charge is -2.21. The molecular formula is C25H28ClFN6O3. The number of halogens is 2. The number of hydrogen-bond donors (Lipinski definition) is 3. The van der Waals surface area contributed by atoms with Gasteiger partial charge >= 0.3 is 6.03 Å². The van der Waals surface area contributed by atoms with E-state index < -0.39 is 17.8 Å². The number of rotatable bonds is 8. The highest BCUT2D eigenvalue weighted by molar-refractivity contribution is 6.30. The van der Waals surface area contributed by atoms with E-state index in [-0.39, 0.29) is 28.4 Å². The van der Waals surface area contributed by atoms with E-state index in [2.05, 4.69) is 20.6 Å². The van der Waals surface area contributed by atoms with Gasteiger partial charge in [-0.3, -0.25) is 15.0 Å². The van der Waals surface area contributed by atoms with Crippen LogP contribution in [0.5, 0.6) is 0 Å². The minimum atomic E-state index is -0.705. The summed E-state index contributed by atoms with van der Waals surface area (Å²) in [6.07, 6.45) is 0. The Kier molecular flexibility index (Phi) is 7.88. The minimum Gasteiger partial charge on any atom is -0.383 e. The molecule has 2 aromatic carbocycles. The molecule has 1 aliphatic heterocycles. The maximum Gasteiger partial charge on any atom is 0.320 e. The van der Waals surface area contributed by atoms with Gasteiger partial charge in [-0.1, -0.05) is 29.8 Å². The zero-order chi connectivity index (χ0) is 25.8. The molecule has 2 atom stereocenters. The Balaban J connectivity index is 1.60. The second-order valence-electron chi connectivity index (χ2n) is 8.69. The number of nitrogens with zero attached hydrogens (tertiary/aromatic N) is 3. The molecule has 2 heterocycles. The molecule has 4 N–H and O–H groups in total. The van der Waals surface area contributed by atoms with Gasteiger partial charge in [-0.05, 0) is 42.8 Å². The van der Waals surface area contributed by atoms with Crippen molar-refractivity contribution in [3.05, 3.63) is 76.2 Å². The van der Waals surface area contributed by atoms with Crippen LogP contribution in [0.1, 0.15) is 27.5 Å². The Labute approximate surface area is 213 Å². The van der Waals surface area contributed by atoms with Gasteiger partial charge in [-0.2, -0.15) is 5.10 Å². The fourth-order valence-corrected chi connectivity index (χ4v) is 4.80. The molecule has 0 aliphatic carbocycles. The average Bonchev–Trinajstić information content (AvgIpc) is 3.37. The Hall–Kier alpha value is -3.47. The number of primary amides is 1. The first kappa shape index (κ1) is 25.6. The van der Waals surface area contributed by atoms with E-state index >= 15 is 0 Å². The molecule has 0 saturated carbocycles. The van der Waals surface area contributed by atoms with Crippen LogP contribution in [0.15, 0.2) is 48.5 Å². The van der Waals surface area contributed by atoms with E-state index in [1.807, 2.05) is 18.2 Å². The SMILES string of the molecule is COCCN1C[C@@H](NC(=O)Nc2c(C(N)=O)c(C)nn2-c2ccccc2)[C@H](c2cc(F)cc(Cl)c2)C1. The summed E-state index contributed by atoms with van der Waals surface area (Å²) in [5.74, 6) is -1.19. The third-order valence-electron chi connectivity index (χ3n) is 6.18. The highest BCUT2D eigenvalue weighted by Crippen LogP contribution is 2.30. The van der Waals surface area contributed by atoms with Gasteiger partial charge in [0.1, 0.15) is 11.4 Å². The van der Waals surface area contributed by atoms with Crippen LogP contribution >= 0.6 is 11.6 Å². The lowest BCUT2D eigenvalue weighted by molar-refractivity contribution is 0.100. The molecule has 36 heavy (non-hydrogen) atoms. The normalized spacial score (nSPS) is 17.8. The summed E-state index contributed by atoms with van der Waals surface area (Å²) in [5.41, 5.74) is 7.46. The van der Waals surface area contributed by atoms with Crippen LogP contribution in [0.3, 0.4) is 0 Å². The van der Waals surface area contributed by atoms with E-state index in [0.29, 0.717) is 43.2 Å². The molecule has 4 rings (SSSR count). The number of urea groups is 1. The monoisotopic (exact) mass is 514 g/mol. The predicted octanol–water partition coefficient (Wildman–Crippen LogP) is 3.31. The van der Waals surface area contributed by atoms with Crippen molar-refractivity contribution in [2.75, 3.05) is 38.7 Å². The van der Waals surface area contributed by atoms with Crippen molar-refractivity contribution in [2.24, 2.45) is 5.73 Å². The molecule has 1 saturated heterocycles. The summed E-state index contributed by atoms with van der Waals surface area (Å²) in [4.78, 5) is 27.5. The Bertz CT molecular complexity index is 1230. The van der Waals surface area contributed by atoms with E-state index in [0.717, 1.165) is 0 Å². The molecule has 3 amide bonds. The number of aryl methyl sites for hydroxylation is 1. The number of benzene rings is 2. The third kappa shape index (κ3) is 5.67. The minimum absolute atomic E-state index is 0.121. The third-order valence-corrected chi connectivity index (χ3v) is 6.39. The van der Waals surface area contributed by atoms with Gasteiger partial charge in [0.2, 0.25) is 0 Å². The zero-order valence-corrected chi connectivity index (χ0v) is 20.8. The summed E-state index contributed by atoms with van der Waals surface area (Å²) in [6.45, 7) is 3.93. The number of nitrogens with one attached hydrogen (secondary N) is 2. The van der Waals surface area contributed by atoms with E-state index in [1.54, 1.807) is 32.2 Å². The fraction of sp³-hybridized carbons (Fsp3) is 0.320. The molecule has 1 aromatic heterocycles. The molecule has 190 valence electrons. The maximum absolute atomic E-state index is 14.1. The number of aromatic nitrogens is 2. The van der Waals surface area contributed by atoms with E-state index in [4.69, 9.17) is 22.1 Å². The first-order valence-corrected chi connectivity index (χ1v) is 11.8. The average molecular weight is 515 g/mol. The summed E-state index contributed by atoms with van der Waals surface area (Å²) < 4.78 is 20.8. The smallest absolute Gasteiger partial charge is 0.320 e. The van der Waals surface area contributed by atoms with Crippen LogP contribution in [-0.2, 0) is 4.74 Å². The Morgan fingerprint density at radius 2 is 1.97 bits per heavy atom. The summed E-state index contributed by atoms with van der Waals surface area (Å²) in [6, 6.07) is 12.6. The number of para-hydroxylation sites is 1. The second kappa shape index (κ2) is 11.1. The van der Waals surface area contributed by atoms with Crippen molar-refractivity contribution in [1.29, 1.82) is 0 Å². The molecule has 0 bridgehead atoms. The second-order valence-corrected chi connectivity index (χ2v) is 9.12. The lowest BCUT2D eigenvalue weighted by atomic mass is 9.94. The number of methoxy groups -OCH3 is 1. The van der Waals surface area contributed by atoms with Crippen molar-refractivity contribution >= 4 is 29.4 Å². The molecule has 1 fully saturated rings. The van der Waals surface area contributed by atoms with Crippen LogP contribution in [-0.4, -0.2) is 66.0 Å². The van der Waals surface area contributed by atoms with Gasteiger partial charge < -0.3 is 15.8 Å². The standard InChI is InChI=1S/C25H28ClFN6O3/c1-15-22(23(28)34)24(33(31-15)19-6-4-3-5-7-19)30-25(35)29-21-14-32(8-9-36-2)13-20(21)16-10-17(26)12-18(27)11-16/h3-7,10-12,20-21H,8-9,13-14H2,1-2H3,(H2,28,34)(H2,29,30,35)/t20-,21+/m0/s1. The fourth-order valence-electron chi connectivity index (χ4n) is 4.57. The van der Waals surface area contributed by atoms with Gasteiger partial charge in [0.25, 0.3) is 5.91 Å². The molecule has 11 heteroatoms. The summed E-state index contributed by atoms with van der Waals surface area (Å²) >= 11 is 6.11. The zero-order valence-electron chi connectivity index (χ0n) is 20.0. The summed E-state index contributed by atoms with van der Waals surface area (Å²) in [5, 5.41) is 10.4. The molecule has 0 unspecified atom stereocenters. The van der Waals surface area contributed by atoms with Gasteiger partial charge in [0.15, 0.2) is 5.82 Å². The predicted molar refractivity (Wildman–Crippen MR) is 135 cm³/mol. The van der Waals surface area contributed by atoms with E-state index in [9.17, 15) is 14.0 Å². The van der Waals surface area contributed by atoms with Gasteiger partial charge in [0, 0.05) is 37.7 Å². The van der Waals surface area contributed by atoms with Crippen molar-refractivity contribution in [3.8, 4) is 5.69 Å². The van der Waals surface area contributed by atoms with Crippen LogP contribution < -0.4 is 16.4 Å². The largest absolute Gasteiger partial charge is 0.383 e. The molecule has 0 spiro atoms. The van der Waals surface area contributed by atoms with Gasteiger partial charge in [-0.15, -0.1) is 0 Å². The molecule has 0 radical (unpaired) electrons. The molecule has 1 aliphatic rings. The maximum atomic E-state index is 14.1. The van der Waals surface area contributed by atoms with Gasteiger partial charge in [0.05, 0.1) is 24.0 Å². The van der Waals surface area contributed by atoms with Crippen molar-refractivity contribution in [2.45, 2.75) is 18.9 Å². The summed E-state index contributed by atoms with van der Waals surface area (Å²) in [7, 11) is 1.62. The molecule has 3 aromatic rings. The number of ether oxygens (including phenoxy) is 1. The lowest BCUT2D eigenvalue weighted by Crippen LogP contribution is -2.43. The van der Waals surface area contributed by atoms with Crippen LogP contribution in [0, 0.1) is 12.7 Å².